The molecule has 0 aliphatic carbocycles. The summed E-state index contributed by atoms with van der Waals surface area (Å²) in [6, 6.07) is 4.95. The zero-order valence-electron chi connectivity index (χ0n) is 17.5. The number of morpholine rings is 1. The number of nitrogens with zero attached hydrogens (tertiary/aromatic N) is 4. The number of nitrogens with two attached hydrogens (primary N) is 1. The quantitative estimate of drug-likeness (QED) is 0.524. The second-order valence-corrected chi connectivity index (χ2v) is 9.71. The molecule has 174 valence electrons. The lowest BCUT2D eigenvalue weighted by Crippen LogP contribution is -2.51. The molecule has 1 saturated heterocycles. The van der Waals surface area contributed by atoms with Crippen LogP contribution in [-0.2, 0) is 14.8 Å². The normalized spacial score (nSPS) is 18.9. The fraction of sp³-hybridized carbons (Fsp3) is 0.350. The molecule has 2 aromatic heterocycles. The molecule has 2 atom stereocenters. The van der Waals surface area contributed by atoms with E-state index in [-0.39, 0.29) is 16.9 Å². The SMILES string of the molecule is C[C@@H](Nc1ccc(Cl)nc1S(N)(=O)=O)c1cc(F)cc2nc3c(nc12)N1CCOC[C@H]1CO3. The van der Waals surface area contributed by atoms with E-state index in [1.165, 1.54) is 24.3 Å². The molecule has 5 rings (SSSR count). The maximum Gasteiger partial charge on any atom is 0.258 e. The van der Waals surface area contributed by atoms with Gasteiger partial charge in [0.05, 0.1) is 42.0 Å². The number of sulfonamides is 1. The Morgan fingerprint density at radius 3 is 2.88 bits per heavy atom. The van der Waals surface area contributed by atoms with E-state index in [0.29, 0.717) is 54.7 Å². The number of primary sulfonamides is 1. The molecule has 0 radical (unpaired) electrons. The monoisotopic (exact) mass is 494 g/mol. The number of benzene rings is 1. The van der Waals surface area contributed by atoms with Crippen LogP contribution in [0.2, 0.25) is 5.15 Å². The molecule has 33 heavy (non-hydrogen) atoms. The lowest BCUT2D eigenvalue weighted by molar-refractivity contribution is 0.0686. The number of hydrogen-bond acceptors (Lipinski definition) is 9. The van der Waals surface area contributed by atoms with E-state index in [2.05, 4.69) is 20.2 Å². The fourth-order valence-electron chi connectivity index (χ4n) is 4.04. The number of ether oxygens (including phenoxy) is 2. The molecule has 1 aromatic carbocycles. The van der Waals surface area contributed by atoms with Gasteiger partial charge in [0.15, 0.2) is 10.8 Å². The van der Waals surface area contributed by atoms with Crippen molar-refractivity contribution >= 4 is 44.2 Å². The second-order valence-electron chi connectivity index (χ2n) is 7.85. The Morgan fingerprint density at radius 1 is 1.27 bits per heavy atom. The summed E-state index contributed by atoms with van der Waals surface area (Å²) < 4.78 is 49.8. The van der Waals surface area contributed by atoms with Gasteiger partial charge in [0.1, 0.15) is 17.6 Å². The predicted octanol–water partition coefficient (Wildman–Crippen LogP) is 2.24. The maximum absolute atomic E-state index is 14.5. The molecule has 2 aliphatic heterocycles. The van der Waals surface area contributed by atoms with E-state index in [1.807, 2.05) is 0 Å². The number of nitrogens with one attached hydrogen (secondary N) is 1. The van der Waals surface area contributed by atoms with Crippen LogP contribution in [0.25, 0.3) is 11.0 Å². The number of rotatable bonds is 4. The summed E-state index contributed by atoms with van der Waals surface area (Å²) in [5, 5.41) is 7.90. The highest BCUT2D eigenvalue weighted by molar-refractivity contribution is 7.89. The molecule has 2 aliphatic rings. The van der Waals surface area contributed by atoms with Crippen molar-refractivity contribution in [2.45, 2.75) is 24.0 Å². The third kappa shape index (κ3) is 4.14. The molecule has 1 fully saturated rings. The van der Waals surface area contributed by atoms with Crippen molar-refractivity contribution in [3.8, 4) is 5.88 Å². The Balaban J connectivity index is 1.59. The van der Waals surface area contributed by atoms with E-state index >= 15 is 0 Å². The number of pyridine rings is 1. The van der Waals surface area contributed by atoms with Crippen LogP contribution in [0.1, 0.15) is 18.5 Å². The zero-order chi connectivity index (χ0) is 23.3. The minimum absolute atomic E-state index is 0.0222. The number of hydrogen-bond donors (Lipinski definition) is 2. The number of halogens is 2. The standard InChI is InChI=1S/C20H20ClFN6O4S/c1-10(24-14-2-3-16(21)26-20(14)33(23,29)30)13-6-11(22)7-15-17(13)27-18-19(25-15)32-9-12-8-31-5-4-28(12)18/h2-3,6-7,10,12,24H,4-5,8-9H2,1H3,(H2,23,29,30)/t10-,12+/m1/s1. The van der Waals surface area contributed by atoms with Crippen molar-refractivity contribution in [2.24, 2.45) is 5.14 Å². The molecule has 0 saturated carbocycles. The van der Waals surface area contributed by atoms with Crippen LogP contribution >= 0.6 is 11.6 Å². The zero-order valence-corrected chi connectivity index (χ0v) is 19.0. The number of anilines is 2. The van der Waals surface area contributed by atoms with Gasteiger partial charge in [-0.25, -0.2) is 32.9 Å². The van der Waals surface area contributed by atoms with E-state index in [9.17, 15) is 12.8 Å². The first-order chi connectivity index (χ1) is 15.7. The van der Waals surface area contributed by atoms with E-state index in [1.54, 1.807) is 6.92 Å². The van der Waals surface area contributed by atoms with Crippen molar-refractivity contribution in [1.29, 1.82) is 0 Å². The summed E-state index contributed by atoms with van der Waals surface area (Å²) in [6.07, 6.45) is 0. The van der Waals surface area contributed by atoms with E-state index in [4.69, 9.17) is 31.2 Å². The molecule has 0 bridgehead atoms. The Labute approximate surface area is 193 Å². The van der Waals surface area contributed by atoms with Gasteiger partial charge in [-0.05, 0) is 25.1 Å². The predicted molar refractivity (Wildman–Crippen MR) is 120 cm³/mol. The van der Waals surface area contributed by atoms with Crippen molar-refractivity contribution < 1.29 is 22.3 Å². The highest BCUT2D eigenvalue weighted by atomic mass is 35.5. The molecule has 3 aromatic rings. The highest BCUT2D eigenvalue weighted by Crippen LogP contribution is 2.36. The first-order valence-electron chi connectivity index (χ1n) is 10.1. The molecule has 3 N–H and O–H groups in total. The summed E-state index contributed by atoms with van der Waals surface area (Å²) >= 11 is 5.85. The molecular weight excluding hydrogens is 475 g/mol. The van der Waals surface area contributed by atoms with Gasteiger partial charge in [-0.2, -0.15) is 0 Å². The topological polar surface area (TPSA) is 133 Å². The van der Waals surface area contributed by atoms with Gasteiger partial charge >= 0.3 is 0 Å². The van der Waals surface area contributed by atoms with Crippen LogP contribution in [0.15, 0.2) is 29.3 Å². The Bertz CT molecular complexity index is 1360. The maximum atomic E-state index is 14.5. The van der Waals surface area contributed by atoms with Crippen molar-refractivity contribution in [2.75, 3.05) is 36.6 Å². The van der Waals surface area contributed by atoms with Gasteiger partial charge in [-0.15, -0.1) is 0 Å². The van der Waals surface area contributed by atoms with Crippen molar-refractivity contribution in [3.63, 3.8) is 0 Å². The minimum Gasteiger partial charge on any atom is -0.473 e. The number of fused-ring (bicyclic) bond motifs is 4. The van der Waals surface area contributed by atoms with Gasteiger partial charge < -0.3 is 19.7 Å². The summed E-state index contributed by atoms with van der Waals surface area (Å²) in [4.78, 5) is 15.2. The molecule has 10 nitrogen and oxygen atoms in total. The highest BCUT2D eigenvalue weighted by Gasteiger charge is 2.33. The molecule has 0 spiro atoms. The smallest absolute Gasteiger partial charge is 0.258 e. The Kier molecular flexibility index (Phi) is 5.47. The van der Waals surface area contributed by atoms with E-state index in [0.717, 1.165) is 0 Å². The van der Waals surface area contributed by atoms with Gasteiger partial charge in [-0.3, -0.25) is 0 Å². The van der Waals surface area contributed by atoms with Gasteiger partial charge in [0, 0.05) is 18.2 Å². The van der Waals surface area contributed by atoms with Gasteiger partial charge in [0.25, 0.3) is 15.9 Å². The van der Waals surface area contributed by atoms with Gasteiger partial charge in [0.2, 0.25) is 0 Å². The molecule has 0 amide bonds. The van der Waals surface area contributed by atoms with Crippen LogP contribution in [0, 0.1) is 5.82 Å². The second kappa shape index (κ2) is 8.20. The minimum atomic E-state index is -4.15. The molecule has 4 heterocycles. The fourth-order valence-corrected chi connectivity index (χ4v) is 4.90. The third-order valence-electron chi connectivity index (χ3n) is 5.56. The largest absolute Gasteiger partial charge is 0.473 e. The summed E-state index contributed by atoms with van der Waals surface area (Å²) in [7, 11) is -4.15. The van der Waals surface area contributed by atoms with Crippen molar-refractivity contribution in [1.82, 2.24) is 15.0 Å². The average Bonchev–Trinajstić information content (AvgIpc) is 2.77. The van der Waals surface area contributed by atoms with E-state index < -0.39 is 26.9 Å². The summed E-state index contributed by atoms with van der Waals surface area (Å²) in [5.41, 5.74) is 1.40. The third-order valence-corrected chi connectivity index (χ3v) is 6.62. The van der Waals surface area contributed by atoms with Gasteiger partial charge in [-0.1, -0.05) is 11.6 Å². The summed E-state index contributed by atoms with van der Waals surface area (Å²) in [5.74, 6) is 0.401. The number of aromatic nitrogens is 3. The molecule has 13 heteroatoms. The average molecular weight is 495 g/mol. The van der Waals surface area contributed by atoms with Crippen LogP contribution < -0.4 is 20.1 Å². The van der Waals surface area contributed by atoms with Crippen LogP contribution in [0.3, 0.4) is 0 Å². The van der Waals surface area contributed by atoms with Crippen LogP contribution in [0.4, 0.5) is 15.9 Å². The first-order valence-corrected chi connectivity index (χ1v) is 12.1. The molecular formula is C20H20ClFN6O4S. The lowest BCUT2D eigenvalue weighted by atomic mass is 10.1. The van der Waals surface area contributed by atoms with Crippen molar-refractivity contribution in [3.05, 3.63) is 40.8 Å². The van der Waals surface area contributed by atoms with Crippen LogP contribution in [0.5, 0.6) is 5.88 Å². The summed E-state index contributed by atoms with van der Waals surface area (Å²) in [6.45, 7) is 3.87. The first kappa shape index (κ1) is 22.0. The van der Waals surface area contributed by atoms with Crippen LogP contribution in [-0.4, -0.2) is 55.8 Å². The Morgan fingerprint density at radius 2 is 2.09 bits per heavy atom. The molecule has 0 unspecified atom stereocenters. The Hall–Kier alpha value is -2.80. The lowest BCUT2D eigenvalue weighted by Gasteiger charge is -2.39.